The highest BCUT2D eigenvalue weighted by Gasteiger charge is 2.29. The van der Waals surface area contributed by atoms with Crippen LogP contribution in [0.2, 0.25) is 0 Å². The predicted molar refractivity (Wildman–Crippen MR) is 149 cm³/mol. The summed E-state index contributed by atoms with van der Waals surface area (Å²) in [5.41, 5.74) is 4.01. The van der Waals surface area contributed by atoms with Gasteiger partial charge in [-0.15, -0.1) is 17.9 Å². The normalized spacial score (nSPS) is 11.3. The predicted octanol–water partition coefficient (Wildman–Crippen LogP) is 6.87. The molecule has 2 aromatic heterocycles. The Kier molecular flexibility index (Phi) is 8.97. The zero-order valence-corrected chi connectivity index (χ0v) is 23.5. The Morgan fingerprint density at radius 3 is 2.38 bits per heavy atom. The van der Waals surface area contributed by atoms with Crippen molar-refractivity contribution in [1.82, 2.24) is 4.57 Å². The second kappa shape index (κ2) is 11.8. The fraction of sp³-hybridized carbons (Fsp3) is 0.414. The van der Waals surface area contributed by atoms with Gasteiger partial charge in [-0.2, -0.15) is 0 Å². The Hall–Kier alpha value is -3.39. The van der Waals surface area contributed by atoms with Gasteiger partial charge in [0.25, 0.3) is 5.91 Å². The van der Waals surface area contributed by atoms with Crippen molar-refractivity contribution >= 4 is 45.1 Å². The Morgan fingerprint density at radius 1 is 1.08 bits per heavy atom. The van der Waals surface area contributed by atoms with Crippen LogP contribution in [0.5, 0.6) is 0 Å². The summed E-state index contributed by atoms with van der Waals surface area (Å²) in [4.78, 5) is 39.6. The first-order valence-corrected chi connectivity index (χ1v) is 13.4. The number of carbonyl (C=O) groups excluding carboxylic acids is 3. The lowest BCUT2D eigenvalue weighted by molar-refractivity contribution is 0.0464. The van der Waals surface area contributed by atoms with Crippen molar-refractivity contribution in [2.24, 2.45) is 5.92 Å². The molecule has 0 saturated carbocycles. The first-order chi connectivity index (χ1) is 17.5. The lowest BCUT2D eigenvalue weighted by atomic mass is 10.0. The third-order valence-corrected chi connectivity index (χ3v) is 7.31. The van der Waals surface area contributed by atoms with Gasteiger partial charge in [-0.1, -0.05) is 39.8 Å². The van der Waals surface area contributed by atoms with E-state index in [-0.39, 0.29) is 40.5 Å². The van der Waals surface area contributed by atoms with Crippen LogP contribution in [0.3, 0.4) is 0 Å². The van der Waals surface area contributed by atoms with E-state index < -0.39 is 11.9 Å². The van der Waals surface area contributed by atoms with Crippen molar-refractivity contribution in [2.75, 3.05) is 18.5 Å². The van der Waals surface area contributed by atoms with E-state index in [1.165, 1.54) is 5.56 Å². The van der Waals surface area contributed by atoms with Gasteiger partial charge in [0, 0.05) is 17.4 Å². The number of fused-ring (bicyclic) bond motifs is 1. The van der Waals surface area contributed by atoms with Crippen LogP contribution in [0.4, 0.5) is 5.00 Å². The Morgan fingerprint density at radius 2 is 1.78 bits per heavy atom. The molecular weight excluding hydrogens is 488 g/mol. The highest BCUT2D eigenvalue weighted by atomic mass is 32.1. The number of hydrogen-bond acceptors (Lipinski definition) is 6. The van der Waals surface area contributed by atoms with Gasteiger partial charge >= 0.3 is 11.9 Å². The van der Waals surface area contributed by atoms with Crippen LogP contribution in [0, 0.1) is 19.8 Å². The number of nitrogens with one attached hydrogen (secondary N) is 1. The molecule has 0 aliphatic carbocycles. The number of thiophene rings is 1. The number of ether oxygens (including phenoxy) is 2. The van der Waals surface area contributed by atoms with Gasteiger partial charge in [0.15, 0.2) is 0 Å². The molecule has 0 spiro atoms. The number of esters is 2. The molecule has 3 aromatic rings. The number of amides is 1. The average molecular weight is 525 g/mol. The molecule has 0 bridgehead atoms. The largest absolute Gasteiger partial charge is 0.462 e. The van der Waals surface area contributed by atoms with Gasteiger partial charge in [-0.05, 0) is 61.4 Å². The maximum Gasteiger partial charge on any atom is 0.348 e. The number of benzene rings is 1. The molecule has 0 saturated heterocycles. The van der Waals surface area contributed by atoms with Crippen LogP contribution in [0.15, 0.2) is 30.9 Å². The van der Waals surface area contributed by atoms with E-state index in [1.54, 1.807) is 19.9 Å². The van der Waals surface area contributed by atoms with Crippen LogP contribution < -0.4 is 5.32 Å². The molecule has 2 heterocycles. The van der Waals surface area contributed by atoms with Crippen molar-refractivity contribution < 1.29 is 23.9 Å². The van der Waals surface area contributed by atoms with E-state index in [2.05, 4.69) is 37.9 Å². The zero-order chi connectivity index (χ0) is 27.4. The lowest BCUT2D eigenvalue weighted by Gasteiger charge is -2.11. The fourth-order valence-electron chi connectivity index (χ4n) is 4.23. The molecule has 1 aromatic carbocycles. The standard InChI is InChI=1S/C29H36N2O5S/c1-9-13-31-22-12-11-20(17(5)6)14-21(22)18(7)24(31)26(32)30-27-23(28(33)35-10-2)19(8)25(37-27)29(34)36-15-16(3)4/h9,11-12,14,16-17H,1,10,13,15H2,2-8H3,(H,30,32). The van der Waals surface area contributed by atoms with Gasteiger partial charge in [-0.25, -0.2) is 9.59 Å². The third kappa shape index (κ3) is 5.80. The maximum absolute atomic E-state index is 13.7. The van der Waals surface area contributed by atoms with E-state index >= 15 is 0 Å². The van der Waals surface area contributed by atoms with Gasteiger partial charge in [0.1, 0.15) is 15.6 Å². The fourth-order valence-corrected chi connectivity index (χ4v) is 5.31. The SMILES string of the molecule is C=CCn1c(C(=O)Nc2sc(C(=O)OCC(C)C)c(C)c2C(=O)OCC)c(C)c2cc(C(C)C)ccc21. The molecule has 1 amide bonds. The number of rotatable bonds is 10. The minimum atomic E-state index is -0.598. The summed E-state index contributed by atoms with van der Waals surface area (Å²) in [6.07, 6.45) is 1.74. The molecule has 0 atom stereocenters. The van der Waals surface area contributed by atoms with Crippen molar-refractivity contribution in [1.29, 1.82) is 0 Å². The molecule has 0 fully saturated rings. The van der Waals surface area contributed by atoms with Crippen LogP contribution in [-0.2, 0) is 16.0 Å². The van der Waals surface area contributed by atoms with Crippen LogP contribution in [0.1, 0.15) is 87.7 Å². The number of carbonyl (C=O) groups is 3. The monoisotopic (exact) mass is 524 g/mol. The number of hydrogen-bond donors (Lipinski definition) is 1. The summed E-state index contributed by atoms with van der Waals surface area (Å²) in [5.74, 6) is -0.992. The van der Waals surface area contributed by atoms with Crippen LogP contribution in [-0.4, -0.2) is 35.6 Å². The smallest absolute Gasteiger partial charge is 0.348 e. The Balaban J connectivity index is 2.09. The first-order valence-electron chi connectivity index (χ1n) is 12.5. The number of anilines is 1. The Labute approximate surface area is 222 Å². The molecule has 8 heteroatoms. The van der Waals surface area contributed by atoms with Gasteiger partial charge in [0.05, 0.1) is 18.8 Å². The van der Waals surface area contributed by atoms with E-state index in [0.717, 1.165) is 27.8 Å². The summed E-state index contributed by atoms with van der Waals surface area (Å²) < 4.78 is 12.6. The number of aryl methyl sites for hydroxylation is 1. The highest BCUT2D eigenvalue weighted by Crippen LogP contribution is 2.36. The maximum atomic E-state index is 13.7. The van der Waals surface area contributed by atoms with Crippen LogP contribution in [0.25, 0.3) is 10.9 Å². The molecular formula is C29H36N2O5S. The number of aromatic nitrogens is 1. The van der Waals surface area contributed by atoms with E-state index in [9.17, 15) is 14.4 Å². The van der Waals surface area contributed by atoms with Crippen molar-refractivity contribution in [2.45, 2.75) is 60.9 Å². The number of nitrogens with zero attached hydrogens (tertiary/aromatic N) is 1. The van der Waals surface area contributed by atoms with Gasteiger partial charge in [0.2, 0.25) is 0 Å². The Bertz CT molecular complexity index is 1350. The van der Waals surface area contributed by atoms with Crippen molar-refractivity contribution in [3.05, 3.63) is 63.7 Å². The summed E-state index contributed by atoms with van der Waals surface area (Å²) in [6.45, 7) is 18.2. The second-order valence-electron chi connectivity index (χ2n) is 9.73. The minimum Gasteiger partial charge on any atom is -0.462 e. The number of allylic oxidation sites excluding steroid dienone is 1. The van der Waals surface area contributed by atoms with Crippen molar-refractivity contribution in [3.63, 3.8) is 0 Å². The minimum absolute atomic E-state index is 0.166. The van der Waals surface area contributed by atoms with E-state index in [1.807, 2.05) is 31.4 Å². The lowest BCUT2D eigenvalue weighted by Crippen LogP contribution is -2.19. The molecule has 7 nitrogen and oxygen atoms in total. The van der Waals surface area contributed by atoms with Crippen molar-refractivity contribution in [3.8, 4) is 0 Å². The average Bonchev–Trinajstić information content (AvgIpc) is 3.31. The summed E-state index contributed by atoms with van der Waals surface area (Å²) in [5, 5.41) is 4.15. The van der Waals surface area contributed by atoms with Gasteiger partial charge in [-0.3, -0.25) is 4.79 Å². The molecule has 37 heavy (non-hydrogen) atoms. The summed E-state index contributed by atoms with van der Waals surface area (Å²) in [7, 11) is 0. The highest BCUT2D eigenvalue weighted by molar-refractivity contribution is 7.18. The van der Waals surface area contributed by atoms with Crippen LogP contribution >= 0.6 is 11.3 Å². The summed E-state index contributed by atoms with van der Waals surface area (Å²) in [6, 6.07) is 6.22. The third-order valence-electron chi connectivity index (χ3n) is 6.12. The second-order valence-corrected chi connectivity index (χ2v) is 10.8. The molecule has 0 aliphatic rings. The molecule has 1 N–H and O–H groups in total. The molecule has 0 unspecified atom stereocenters. The van der Waals surface area contributed by atoms with E-state index in [4.69, 9.17) is 9.47 Å². The van der Waals surface area contributed by atoms with Gasteiger partial charge < -0.3 is 19.4 Å². The molecule has 3 rings (SSSR count). The summed E-state index contributed by atoms with van der Waals surface area (Å²) >= 11 is 1.02. The zero-order valence-electron chi connectivity index (χ0n) is 22.7. The topological polar surface area (TPSA) is 86.6 Å². The van der Waals surface area contributed by atoms with E-state index in [0.29, 0.717) is 23.7 Å². The molecule has 198 valence electrons. The molecule has 0 radical (unpaired) electrons. The quantitative estimate of drug-likeness (QED) is 0.231. The molecule has 0 aliphatic heterocycles. The first kappa shape index (κ1) is 28.2.